The first kappa shape index (κ1) is 17.2. The second-order valence-electron chi connectivity index (χ2n) is 8.10. The van der Waals surface area contributed by atoms with E-state index in [-0.39, 0.29) is 0 Å². The Kier molecular flexibility index (Phi) is 3.66. The maximum absolute atomic E-state index is 6.35. The molecule has 0 N–H and O–H groups in total. The number of rotatable bonds is 2. The van der Waals surface area contributed by atoms with E-state index < -0.39 is 0 Å². The SMILES string of the molecule is CC(C)c1ccc(-c2ncnc3c2oc2cc4ccccc4cc23)c2ccccc12. The van der Waals surface area contributed by atoms with Crippen LogP contribution in [0.3, 0.4) is 0 Å². The summed E-state index contributed by atoms with van der Waals surface area (Å²) in [5.41, 5.74) is 5.70. The Balaban J connectivity index is 1.69. The Morgan fingerprint density at radius 2 is 1.47 bits per heavy atom. The van der Waals surface area contributed by atoms with Crippen LogP contribution < -0.4 is 0 Å². The molecule has 0 unspecified atom stereocenters. The van der Waals surface area contributed by atoms with Crippen LogP contribution in [0.25, 0.3) is 54.9 Å². The first-order chi connectivity index (χ1) is 14.7. The van der Waals surface area contributed by atoms with Crippen molar-refractivity contribution >= 4 is 43.6 Å². The number of furan rings is 1. The molecule has 0 bridgehead atoms. The summed E-state index contributed by atoms with van der Waals surface area (Å²) in [6.45, 7) is 4.46. The minimum Gasteiger partial charge on any atom is -0.452 e. The van der Waals surface area contributed by atoms with Gasteiger partial charge >= 0.3 is 0 Å². The molecule has 3 nitrogen and oxygen atoms in total. The van der Waals surface area contributed by atoms with E-state index in [4.69, 9.17) is 4.42 Å². The average molecular weight is 388 g/mol. The van der Waals surface area contributed by atoms with Gasteiger partial charge in [-0.05, 0) is 45.2 Å². The van der Waals surface area contributed by atoms with Crippen LogP contribution in [0.4, 0.5) is 0 Å². The first-order valence-electron chi connectivity index (χ1n) is 10.3. The van der Waals surface area contributed by atoms with E-state index in [1.807, 2.05) is 6.07 Å². The number of hydrogen-bond donors (Lipinski definition) is 0. The number of aromatic nitrogens is 2. The predicted molar refractivity (Wildman–Crippen MR) is 124 cm³/mol. The van der Waals surface area contributed by atoms with Crippen LogP contribution in [-0.2, 0) is 0 Å². The van der Waals surface area contributed by atoms with Crippen LogP contribution in [0.15, 0.2) is 83.5 Å². The molecule has 4 aromatic carbocycles. The summed E-state index contributed by atoms with van der Waals surface area (Å²) in [4.78, 5) is 9.25. The van der Waals surface area contributed by atoms with E-state index in [1.54, 1.807) is 6.33 Å². The third kappa shape index (κ3) is 2.45. The number of hydrogen-bond acceptors (Lipinski definition) is 3. The van der Waals surface area contributed by atoms with E-state index in [1.165, 1.54) is 21.7 Å². The molecule has 0 fully saturated rings. The minimum atomic E-state index is 0.452. The lowest BCUT2D eigenvalue weighted by Crippen LogP contribution is -1.93. The Morgan fingerprint density at radius 3 is 2.27 bits per heavy atom. The van der Waals surface area contributed by atoms with Crippen molar-refractivity contribution in [2.75, 3.05) is 0 Å². The van der Waals surface area contributed by atoms with Crippen molar-refractivity contribution in [3.63, 3.8) is 0 Å². The molecule has 6 rings (SSSR count). The zero-order valence-corrected chi connectivity index (χ0v) is 16.9. The van der Waals surface area contributed by atoms with Crippen molar-refractivity contribution < 1.29 is 4.42 Å². The van der Waals surface area contributed by atoms with Crippen LogP contribution in [-0.4, -0.2) is 9.97 Å². The summed E-state index contributed by atoms with van der Waals surface area (Å²) < 4.78 is 6.35. The van der Waals surface area contributed by atoms with Gasteiger partial charge < -0.3 is 4.42 Å². The van der Waals surface area contributed by atoms with Gasteiger partial charge in [-0.3, -0.25) is 0 Å². The molecular weight excluding hydrogens is 368 g/mol. The van der Waals surface area contributed by atoms with Gasteiger partial charge in [0, 0.05) is 10.9 Å². The number of nitrogens with zero attached hydrogens (tertiary/aromatic N) is 2. The lowest BCUT2D eigenvalue weighted by atomic mass is 9.92. The fourth-order valence-electron chi connectivity index (χ4n) is 4.49. The zero-order valence-electron chi connectivity index (χ0n) is 16.9. The highest BCUT2D eigenvalue weighted by Crippen LogP contribution is 2.39. The standard InChI is InChI=1S/C27H20N2O/c1-16(2)19-11-12-22(21-10-6-5-9-20(19)21)25-27-26(29-15-28-25)23-13-17-7-3-4-8-18(17)14-24(23)30-27/h3-16H,1-2H3. The highest BCUT2D eigenvalue weighted by molar-refractivity contribution is 6.12. The van der Waals surface area contributed by atoms with Crippen molar-refractivity contribution in [3.05, 3.63) is 84.7 Å². The van der Waals surface area contributed by atoms with Gasteiger partial charge in [-0.1, -0.05) is 74.5 Å². The van der Waals surface area contributed by atoms with E-state index in [0.717, 1.165) is 38.7 Å². The summed E-state index contributed by atoms with van der Waals surface area (Å²) in [5.74, 6) is 0.452. The number of benzene rings is 4. The molecule has 30 heavy (non-hydrogen) atoms. The zero-order chi connectivity index (χ0) is 20.2. The predicted octanol–water partition coefficient (Wildman–Crippen LogP) is 7.47. The van der Waals surface area contributed by atoms with Crippen molar-refractivity contribution in [2.45, 2.75) is 19.8 Å². The van der Waals surface area contributed by atoms with Gasteiger partial charge in [0.1, 0.15) is 23.1 Å². The molecule has 2 aromatic heterocycles. The molecule has 2 heterocycles. The Bertz CT molecular complexity index is 1580. The topological polar surface area (TPSA) is 38.9 Å². The second-order valence-corrected chi connectivity index (χ2v) is 8.10. The fraction of sp³-hybridized carbons (Fsp3) is 0.111. The van der Waals surface area contributed by atoms with Gasteiger partial charge in [-0.15, -0.1) is 0 Å². The maximum atomic E-state index is 6.35. The van der Waals surface area contributed by atoms with Crippen molar-refractivity contribution in [2.24, 2.45) is 0 Å². The molecule has 0 amide bonds. The molecular formula is C27H20N2O. The molecule has 0 aliphatic carbocycles. The molecule has 0 spiro atoms. The van der Waals surface area contributed by atoms with Crippen LogP contribution in [0.5, 0.6) is 0 Å². The van der Waals surface area contributed by atoms with E-state index in [2.05, 4.69) is 90.5 Å². The summed E-state index contributed by atoms with van der Waals surface area (Å²) in [6, 6.07) is 25.5. The molecule has 0 aliphatic rings. The monoisotopic (exact) mass is 388 g/mol. The van der Waals surface area contributed by atoms with Gasteiger partial charge in [0.2, 0.25) is 0 Å². The van der Waals surface area contributed by atoms with Gasteiger partial charge in [0.05, 0.1) is 0 Å². The maximum Gasteiger partial charge on any atom is 0.180 e. The van der Waals surface area contributed by atoms with Gasteiger partial charge in [-0.2, -0.15) is 0 Å². The van der Waals surface area contributed by atoms with E-state index in [0.29, 0.717) is 5.92 Å². The highest BCUT2D eigenvalue weighted by Gasteiger charge is 2.18. The highest BCUT2D eigenvalue weighted by atomic mass is 16.3. The molecule has 0 aliphatic heterocycles. The minimum absolute atomic E-state index is 0.452. The first-order valence-corrected chi connectivity index (χ1v) is 10.3. The Morgan fingerprint density at radius 1 is 0.733 bits per heavy atom. The summed E-state index contributed by atoms with van der Waals surface area (Å²) in [6.07, 6.45) is 1.65. The summed E-state index contributed by atoms with van der Waals surface area (Å²) in [7, 11) is 0. The molecule has 3 heteroatoms. The normalized spacial score (nSPS) is 12.0. The van der Waals surface area contributed by atoms with Crippen LogP contribution in [0, 0.1) is 0 Å². The lowest BCUT2D eigenvalue weighted by molar-refractivity contribution is 0.667. The van der Waals surface area contributed by atoms with Crippen molar-refractivity contribution in [1.29, 1.82) is 0 Å². The van der Waals surface area contributed by atoms with Crippen molar-refractivity contribution in [1.82, 2.24) is 9.97 Å². The summed E-state index contributed by atoms with van der Waals surface area (Å²) in [5, 5.41) is 5.81. The second kappa shape index (κ2) is 6.39. The Hall–Kier alpha value is -3.72. The lowest BCUT2D eigenvalue weighted by Gasteiger charge is -2.13. The van der Waals surface area contributed by atoms with E-state index >= 15 is 0 Å². The van der Waals surface area contributed by atoms with Crippen LogP contribution in [0.1, 0.15) is 25.3 Å². The van der Waals surface area contributed by atoms with E-state index in [9.17, 15) is 0 Å². The quantitative estimate of drug-likeness (QED) is 0.309. The van der Waals surface area contributed by atoms with Gasteiger partial charge in [-0.25, -0.2) is 9.97 Å². The molecule has 0 radical (unpaired) electrons. The van der Waals surface area contributed by atoms with Crippen LogP contribution in [0.2, 0.25) is 0 Å². The van der Waals surface area contributed by atoms with Crippen LogP contribution >= 0.6 is 0 Å². The van der Waals surface area contributed by atoms with Gasteiger partial charge in [0.15, 0.2) is 5.58 Å². The average Bonchev–Trinajstić information content (AvgIpc) is 3.14. The molecule has 144 valence electrons. The molecule has 0 atom stereocenters. The molecule has 0 saturated carbocycles. The fourth-order valence-corrected chi connectivity index (χ4v) is 4.49. The smallest absolute Gasteiger partial charge is 0.180 e. The van der Waals surface area contributed by atoms with Crippen molar-refractivity contribution in [3.8, 4) is 11.3 Å². The number of fused-ring (bicyclic) bond motifs is 5. The largest absolute Gasteiger partial charge is 0.452 e. The molecule has 6 aromatic rings. The third-order valence-electron chi connectivity index (χ3n) is 5.95. The molecule has 0 saturated heterocycles. The Labute approximate surface area is 174 Å². The third-order valence-corrected chi connectivity index (χ3v) is 5.95. The summed E-state index contributed by atoms with van der Waals surface area (Å²) >= 11 is 0. The van der Waals surface area contributed by atoms with Gasteiger partial charge in [0.25, 0.3) is 0 Å².